The number of nitrogens with zero attached hydrogens (tertiary/aromatic N) is 3. The molecular weight excluding hydrogens is 320 g/mol. The zero-order chi connectivity index (χ0) is 17.4. The van der Waals surface area contributed by atoms with Crippen LogP contribution in [-0.4, -0.2) is 20.7 Å². The summed E-state index contributed by atoms with van der Waals surface area (Å²) in [6.45, 7) is 1.52. The maximum Gasteiger partial charge on any atom is 0.269 e. The summed E-state index contributed by atoms with van der Waals surface area (Å²) in [6.07, 6.45) is 0. The molecular formula is C16H9F2N3O3. The molecule has 6 nitrogen and oxygen atoms in total. The monoisotopic (exact) mass is 329 g/mol. The standard InChI is InChI=1S/C16H9F2N3O3/c1-8-15(16(22)9-2-4-10(5-3-9)21(23)24)20-14-7-12(18)11(17)6-13(14)19-8/h2-7H,1H3. The number of hydrogen-bond donors (Lipinski definition) is 0. The number of fused-ring (bicyclic) bond motifs is 1. The molecule has 0 bridgehead atoms. The van der Waals surface area contributed by atoms with Gasteiger partial charge in [-0.05, 0) is 19.1 Å². The van der Waals surface area contributed by atoms with Crippen molar-refractivity contribution < 1.29 is 18.5 Å². The molecule has 0 fully saturated rings. The van der Waals surface area contributed by atoms with E-state index in [4.69, 9.17) is 0 Å². The zero-order valence-corrected chi connectivity index (χ0v) is 12.3. The molecule has 3 aromatic rings. The normalized spacial score (nSPS) is 10.8. The van der Waals surface area contributed by atoms with Crippen molar-refractivity contribution in [3.63, 3.8) is 0 Å². The largest absolute Gasteiger partial charge is 0.287 e. The summed E-state index contributed by atoms with van der Waals surface area (Å²) in [6, 6.07) is 6.78. The van der Waals surface area contributed by atoms with Crippen molar-refractivity contribution in [1.82, 2.24) is 9.97 Å². The quantitative estimate of drug-likeness (QED) is 0.418. The van der Waals surface area contributed by atoms with E-state index in [2.05, 4.69) is 9.97 Å². The number of hydrogen-bond acceptors (Lipinski definition) is 5. The Balaban J connectivity index is 2.07. The van der Waals surface area contributed by atoms with E-state index in [0.29, 0.717) is 0 Å². The molecule has 0 aliphatic rings. The summed E-state index contributed by atoms with van der Waals surface area (Å²) >= 11 is 0. The van der Waals surface area contributed by atoms with Gasteiger partial charge in [0.1, 0.15) is 5.69 Å². The molecule has 1 aromatic heterocycles. The van der Waals surface area contributed by atoms with Crippen molar-refractivity contribution >= 4 is 22.5 Å². The van der Waals surface area contributed by atoms with Gasteiger partial charge in [-0.1, -0.05) is 0 Å². The Kier molecular flexibility index (Phi) is 3.72. The third-order valence-electron chi connectivity index (χ3n) is 3.44. The SMILES string of the molecule is Cc1nc2cc(F)c(F)cc2nc1C(=O)c1ccc([N+](=O)[O-])cc1. The predicted molar refractivity (Wildman–Crippen MR) is 80.7 cm³/mol. The highest BCUT2D eigenvalue weighted by Crippen LogP contribution is 2.20. The highest BCUT2D eigenvalue weighted by Gasteiger charge is 2.18. The van der Waals surface area contributed by atoms with Gasteiger partial charge in [0.2, 0.25) is 5.78 Å². The van der Waals surface area contributed by atoms with E-state index < -0.39 is 22.3 Å². The Bertz CT molecular complexity index is 988. The van der Waals surface area contributed by atoms with Crippen molar-refractivity contribution in [2.75, 3.05) is 0 Å². The van der Waals surface area contributed by atoms with Gasteiger partial charge in [0.05, 0.1) is 21.7 Å². The lowest BCUT2D eigenvalue weighted by atomic mass is 10.1. The lowest BCUT2D eigenvalue weighted by Crippen LogP contribution is -2.09. The lowest BCUT2D eigenvalue weighted by Gasteiger charge is -2.06. The number of halogens is 2. The second-order valence-corrected chi connectivity index (χ2v) is 5.05. The fraction of sp³-hybridized carbons (Fsp3) is 0.0625. The third kappa shape index (κ3) is 2.69. The first-order valence-corrected chi connectivity index (χ1v) is 6.79. The Morgan fingerprint density at radius 3 is 2.12 bits per heavy atom. The van der Waals surface area contributed by atoms with Crippen LogP contribution in [0.4, 0.5) is 14.5 Å². The number of nitro groups is 1. The minimum Gasteiger partial charge on any atom is -0.287 e. The van der Waals surface area contributed by atoms with Gasteiger partial charge >= 0.3 is 0 Å². The molecule has 120 valence electrons. The van der Waals surface area contributed by atoms with Crippen LogP contribution < -0.4 is 0 Å². The Morgan fingerprint density at radius 2 is 1.58 bits per heavy atom. The second kappa shape index (κ2) is 5.73. The molecule has 1 heterocycles. The number of aromatic nitrogens is 2. The average molecular weight is 329 g/mol. The summed E-state index contributed by atoms with van der Waals surface area (Å²) in [5, 5.41) is 10.6. The summed E-state index contributed by atoms with van der Waals surface area (Å²) < 4.78 is 26.6. The molecule has 2 aromatic carbocycles. The highest BCUT2D eigenvalue weighted by atomic mass is 19.2. The van der Waals surface area contributed by atoms with E-state index in [9.17, 15) is 23.7 Å². The molecule has 0 saturated carbocycles. The fourth-order valence-electron chi connectivity index (χ4n) is 2.23. The third-order valence-corrected chi connectivity index (χ3v) is 3.44. The average Bonchev–Trinajstić information content (AvgIpc) is 2.55. The molecule has 0 amide bonds. The first kappa shape index (κ1) is 15.6. The number of carbonyl (C=O) groups is 1. The summed E-state index contributed by atoms with van der Waals surface area (Å²) in [5.41, 5.74) is 0.431. The molecule has 8 heteroatoms. The van der Waals surface area contributed by atoms with Gasteiger partial charge in [-0.25, -0.2) is 18.7 Å². The van der Waals surface area contributed by atoms with Gasteiger partial charge in [-0.3, -0.25) is 14.9 Å². The number of carbonyl (C=O) groups excluding carboxylic acids is 1. The van der Waals surface area contributed by atoms with Gasteiger partial charge in [0.15, 0.2) is 11.6 Å². The molecule has 24 heavy (non-hydrogen) atoms. The first-order chi connectivity index (χ1) is 11.4. The molecule has 0 aliphatic heterocycles. The maximum absolute atomic E-state index is 13.3. The van der Waals surface area contributed by atoms with Gasteiger partial charge in [-0.15, -0.1) is 0 Å². The molecule has 0 N–H and O–H groups in total. The Hall–Kier alpha value is -3.29. The van der Waals surface area contributed by atoms with Gasteiger partial charge in [-0.2, -0.15) is 0 Å². The van der Waals surface area contributed by atoms with Crippen LogP contribution in [0.1, 0.15) is 21.7 Å². The Labute approximate surface area is 133 Å². The first-order valence-electron chi connectivity index (χ1n) is 6.79. The molecule has 0 atom stereocenters. The summed E-state index contributed by atoms with van der Waals surface area (Å²) in [4.78, 5) is 30.7. The minimum atomic E-state index is -1.09. The minimum absolute atomic E-state index is 0.0256. The van der Waals surface area contributed by atoms with Crippen LogP contribution in [0, 0.1) is 28.7 Å². The van der Waals surface area contributed by atoms with Crippen molar-refractivity contribution in [3.8, 4) is 0 Å². The predicted octanol–water partition coefficient (Wildman–Crippen LogP) is 3.36. The van der Waals surface area contributed by atoms with Crippen LogP contribution in [0.25, 0.3) is 11.0 Å². The smallest absolute Gasteiger partial charge is 0.269 e. The topological polar surface area (TPSA) is 86.0 Å². The van der Waals surface area contributed by atoms with Crippen LogP contribution in [0.3, 0.4) is 0 Å². The number of benzene rings is 2. The zero-order valence-electron chi connectivity index (χ0n) is 12.3. The molecule has 0 aliphatic carbocycles. The van der Waals surface area contributed by atoms with Gasteiger partial charge in [0.25, 0.3) is 5.69 Å². The molecule has 0 radical (unpaired) electrons. The van der Waals surface area contributed by atoms with Crippen molar-refractivity contribution in [3.05, 3.63) is 75.1 Å². The van der Waals surface area contributed by atoms with Crippen LogP contribution in [0.2, 0.25) is 0 Å². The van der Waals surface area contributed by atoms with E-state index in [1.165, 1.54) is 31.2 Å². The van der Waals surface area contributed by atoms with Crippen molar-refractivity contribution in [2.45, 2.75) is 6.92 Å². The van der Waals surface area contributed by atoms with Crippen LogP contribution in [0.15, 0.2) is 36.4 Å². The van der Waals surface area contributed by atoms with Crippen LogP contribution in [0.5, 0.6) is 0 Å². The lowest BCUT2D eigenvalue weighted by molar-refractivity contribution is -0.384. The number of rotatable bonds is 3. The number of aryl methyl sites for hydroxylation is 1. The number of nitro benzene ring substituents is 1. The van der Waals surface area contributed by atoms with Gasteiger partial charge in [0, 0.05) is 29.8 Å². The van der Waals surface area contributed by atoms with Crippen LogP contribution in [-0.2, 0) is 0 Å². The number of ketones is 1. The maximum atomic E-state index is 13.3. The molecule has 0 saturated heterocycles. The molecule has 3 rings (SSSR count). The highest BCUT2D eigenvalue weighted by molar-refractivity contribution is 6.09. The van der Waals surface area contributed by atoms with E-state index in [1.807, 2.05) is 0 Å². The number of non-ortho nitro benzene ring substituents is 1. The van der Waals surface area contributed by atoms with E-state index >= 15 is 0 Å². The fourth-order valence-corrected chi connectivity index (χ4v) is 2.23. The molecule has 0 unspecified atom stereocenters. The molecule has 0 spiro atoms. The van der Waals surface area contributed by atoms with E-state index in [-0.39, 0.29) is 33.7 Å². The van der Waals surface area contributed by atoms with Crippen molar-refractivity contribution in [2.24, 2.45) is 0 Å². The second-order valence-electron chi connectivity index (χ2n) is 5.05. The summed E-state index contributed by atoms with van der Waals surface area (Å²) in [7, 11) is 0. The summed E-state index contributed by atoms with van der Waals surface area (Å²) in [5.74, 6) is -2.65. The van der Waals surface area contributed by atoms with Crippen molar-refractivity contribution in [1.29, 1.82) is 0 Å². The van der Waals surface area contributed by atoms with Crippen LogP contribution >= 0.6 is 0 Å². The Morgan fingerprint density at radius 1 is 1.04 bits per heavy atom. The van der Waals surface area contributed by atoms with Gasteiger partial charge < -0.3 is 0 Å². The van der Waals surface area contributed by atoms with E-state index in [0.717, 1.165) is 12.1 Å². The van der Waals surface area contributed by atoms with E-state index in [1.54, 1.807) is 0 Å².